The molecule has 0 aliphatic rings. The summed E-state index contributed by atoms with van der Waals surface area (Å²) in [4.78, 5) is 9.43. The second-order valence-corrected chi connectivity index (χ2v) is 15.7. The van der Waals surface area contributed by atoms with Crippen LogP contribution in [0.25, 0.3) is 61.6 Å². The number of hydrogen-bond donors (Lipinski definition) is 0. The van der Waals surface area contributed by atoms with Crippen molar-refractivity contribution in [3.63, 3.8) is 0 Å². The number of hydrogen-bond acceptors (Lipinski definition) is 2. The molecule has 2 heterocycles. The molecule has 58 heavy (non-hydrogen) atoms. The maximum absolute atomic E-state index is 8.98. The van der Waals surface area contributed by atoms with Crippen molar-refractivity contribution in [2.45, 2.75) is 73.5 Å². The summed E-state index contributed by atoms with van der Waals surface area (Å²) in [5, 5.41) is 0. The first-order chi connectivity index (χ1) is 30.1. The summed E-state index contributed by atoms with van der Waals surface area (Å²) >= 11 is 0. The molecule has 0 atom stereocenters. The minimum atomic E-state index is -2.31. The Kier molecular flexibility index (Phi) is 10.7. The van der Waals surface area contributed by atoms with Gasteiger partial charge in [-0.05, 0) is 80.8 Å². The Balaban J connectivity index is 0.000000233. The molecule has 0 aliphatic carbocycles. The van der Waals surface area contributed by atoms with E-state index in [2.05, 4.69) is 17.1 Å². The van der Waals surface area contributed by atoms with Crippen LogP contribution < -0.4 is 0 Å². The van der Waals surface area contributed by atoms with Crippen molar-refractivity contribution in [2.75, 3.05) is 0 Å². The van der Waals surface area contributed by atoms with E-state index in [1.54, 1.807) is 12.3 Å². The number of nitrogens with zero attached hydrogens (tertiary/aromatic N) is 3. The van der Waals surface area contributed by atoms with Gasteiger partial charge in [0.1, 0.15) is 0 Å². The van der Waals surface area contributed by atoms with Crippen LogP contribution in [0.4, 0.5) is 0 Å². The molecule has 295 valence electrons. The minimum absolute atomic E-state index is 0. The van der Waals surface area contributed by atoms with E-state index in [4.69, 9.17) is 14.6 Å². The van der Waals surface area contributed by atoms with Crippen molar-refractivity contribution >= 4 is 11.0 Å². The second kappa shape index (κ2) is 18.5. The zero-order valence-corrected chi connectivity index (χ0v) is 36.5. The molecule has 0 unspecified atom stereocenters. The molecular formula is C54H53IrN3-2. The zero-order valence-electron chi connectivity index (χ0n) is 41.1. The van der Waals surface area contributed by atoms with Crippen LogP contribution >= 0.6 is 0 Å². The topological polar surface area (TPSA) is 30.7 Å². The van der Waals surface area contributed by atoms with Gasteiger partial charge in [0.05, 0.1) is 16.9 Å². The molecule has 0 N–H and O–H groups in total. The number of benzene rings is 6. The van der Waals surface area contributed by atoms with Gasteiger partial charge in [-0.25, -0.2) is 0 Å². The predicted octanol–water partition coefficient (Wildman–Crippen LogP) is 14.5. The van der Waals surface area contributed by atoms with E-state index in [0.29, 0.717) is 22.5 Å². The SMILES string of the molecule is [2H]C([2H])([2H])c1c[c-]c(-c2nc3ccccc3n2-c2c(C([2H])(C)C)cccc2C([2H])(C)C)cc1-c1ccccc1.[2H]C([2H])(c1ccc(-c2ccnc(-c3[c-]cccc3)c2)cc1)C(C)(C)C.[Ir]. The molecule has 0 saturated heterocycles. The van der Waals surface area contributed by atoms with Gasteiger partial charge in [0, 0.05) is 41.6 Å². The first kappa shape index (κ1) is 33.6. The monoisotopic (exact) mass is 943 g/mol. The summed E-state index contributed by atoms with van der Waals surface area (Å²) in [6.45, 7) is 10.8. The quantitative estimate of drug-likeness (QED) is 0.142. The largest absolute Gasteiger partial charge is 0.333 e. The first-order valence-electron chi connectivity index (χ1n) is 22.8. The fraction of sp³-hybridized carbons (Fsp3) is 0.222. The number of imidazole rings is 1. The fourth-order valence-electron chi connectivity index (χ4n) is 6.99. The normalized spacial score (nSPS) is 13.9. The number of para-hydroxylation sites is 3. The molecule has 0 spiro atoms. The van der Waals surface area contributed by atoms with Gasteiger partial charge in [0.25, 0.3) is 0 Å². The summed E-state index contributed by atoms with van der Waals surface area (Å²) in [5.41, 5.74) is 10.3. The molecule has 2 aromatic heterocycles. The molecule has 0 amide bonds. The summed E-state index contributed by atoms with van der Waals surface area (Å²) in [6.07, 6.45) is 0.418. The van der Waals surface area contributed by atoms with Crippen LogP contribution in [0, 0.1) is 24.4 Å². The Morgan fingerprint density at radius 3 is 2.05 bits per heavy atom. The van der Waals surface area contributed by atoms with Gasteiger partial charge in [-0.3, -0.25) is 4.98 Å². The fourth-order valence-corrected chi connectivity index (χ4v) is 6.99. The average Bonchev–Trinajstić information content (AvgIpc) is 3.65. The second-order valence-electron chi connectivity index (χ2n) is 15.7. The van der Waals surface area contributed by atoms with Crippen LogP contribution in [0.3, 0.4) is 0 Å². The first-order valence-corrected chi connectivity index (χ1v) is 19.3. The van der Waals surface area contributed by atoms with E-state index in [1.807, 2.05) is 193 Å². The van der Waals surface area contributed by atoms with E-state index in [-0.39, 0.29) is 25.7 Å². The summed E-state index contributed by atoms with van der Waals surface area (Å²) < 4.78 is 61.2. The van der Waals surface area contributed by atoms with Crippen LogP contribution in [-0.4, -0.2) is 14.5 Å². The molecule has 0 fully saturated rings. The average molecular weight is 943 g/mol. The van der Waals surface area contributed by atoms with Gasteiger partial charge in [-0.15, -0.1) is 65.2 Å². The van der Waals surface area contributed by atoms with E-state index in [9.17, 15) is 0 Å². The standard InChI is InChI=1S/C32H31N2.C22H22N.Ir/c1-21(2)26-14-11-15-27(22(3)4)31(26)34-30-17-10-9-16-29(30)33-32(34)25-19-18-23(5)28(20-25)24-12-7-6-8-13-24;1-22(2,3)16-17-9-11-18(12-10-17)20-13-14-23-21(15-20)19-7-5-4-6-8-19;/h6-18,20-22H,1-5H3;4-7,9-15H,16H2,1-3H3;/q2*-1;/i5D3,21D,22D;16D2;. The molecule has 0 aliphatic heterocycles. The van der Waals surface area contributed by atoms with Gasteiger partial charge in [0.15, 0.2) is 0 Å². The Labute approximate surface area is 369 Å². The number of aryl methyl sites for hydroxylation is 1. The van der Waals surface area contributed by atoms with Crippen LogP contribution in [-0.2, 0) is 26.5 Å². The molecule has 1 radical (unpaired) electrons. The maximum atomic E-state index is 8.98. The van der Waals surface area contributed by atoms with Crippen molar-refractivity contribution in [3.05, 3.63) is 186 Å². The van der Waals surface area contributed by atoms with Crippen LogP contribution in [0.15, 0.2) is 152 Å². The van der Waals surface area contributed by atoms with Gasteiger partial charge in [-0.1, -0.05) is 152 Å². The molecule has 6 aromatic carbocycles. The number of aromatic nitrogens is 3. The maximum Gasteiger partial charge on any atom is 0.0774 e. The smallest absolute Gasteiger partial charge is 0.0774 e. The van der Waals surface area contributed by atoms with E-state index >= 15 is 0 Å². The number of fused-ring (bicyclic) bond motifs is 1. The van der Waals surface area contributed by atoms with Crippen LogP contribution in [0.5, 0.6) is 0 Å². The third-order valence-electron chi connectivity index (χ3n) is 9.66. The van der Waals surface area contributed by atoms with Gasteiger partial charge in [0.2, 0.25) is 0 Å². The predicted molar refractivity (Wildman–Crippen MR) is 241 cm³/mol. The summed E-state index contributed by atoms with van der Waals surface area (Å²) in [7, 11) is 0. The van der Waals surface area contributed by atoms with Crippen molar-refractivity contribution in [1.29, 1.82) is 0 Å². The Bertz CT molecular complexity index is 2860. The molecular weight excluding hydrogens is 883 g/mol. The molecule has 8 rings (SSSR count). The van der Waals surface area contributed by atoms with Gasteiger partial charge in [-0.2, -0.15) is 0 Å². The van der Waals surface area contributed by atoms with E-state index < -0.39 is 30.4 Å². The molecule has 4 heteroatoms. The van der Waals surface area contributed by atoms with Crippen molar-refractivity contribution < 1.29 is 29.7 Å². The van der Waals surface area contributed by atoms with Crippen LogP contribution in [0.1, 0.15) is 92.1 Å². The Morgan fingerprint density at radius 1 is 0.707 bits per heavy atom. The van der Waals surface area contributed by atoms with Crippen molar-refractivity contribution in [3.8, 4) is 50.6 Å². The molecule has 8 aromatic rings. The molecule has 0 bridgehead atoms. The third-order valence-corrected chi connectivity index (χ3v) is 9.66. The van der Waals surface area contributed by atoms with Gasteiger partial charge >= 0.3 is 0 Å². The minimum Gasteiger partial charge on any atom is -0.333 e. The Hall–Kier alpha value is -5.41. The van der Waals surface area contributed by atoms with E-state index in [0.717, 1.165) is 55.8 Å². The number of pyridine rings is 1. The zero-order chi connectivity index (χ0) is 46.2. The van der Waals surface area contributed by atoms with Crippen LogP contribution in [0.2, 0.25) is 0 Å². The Morgan fingerprint density at radius 2 is 1.40 bits per heavy atom. The summed E-state index contributed by atoms with van der Waals surface area (Å²) in [5.74, 6) is -1.33. The third kappa shape index (κ3) is 9.64. The van der Waals surface area contributed by atoms with Gasteiger partial charge < -0.3 is 9.55 Å². The van der Waals surface area contributed by atoms with E-state index in [1.165, 1.54) is 0 Å². The summed E-state index contributed by atoms with van der Waals surface area (Å²) in [6, 6.07) is 52.4. The molecule has 0 saturated carbocycles. The van der Waals surface area contributed by atoms with Crippen molar-refractivity contribution in [2.24, 2.45) is 5.41 Å². The van der Waals surface area contributed by atoms with Crippen molar-refractivity contribution in [1.82, 2.24) is 14.5 Å². The molecule has 3 nitrogen and oxygen atoms in total. The number of rotatable bonds is 8.